The molecule has 0 aromatic heterocycles. The fourth-order valence-electron chi connectivity index (χ4n) is 5.02. The van der Waals surface area contributed by atoms with Crippen LogP contribution in [0.4, 0.5) is 22.4 Å². The summed E-state index contributed by atoms with van der Waals surface area (Å²) in [6, 6.07) is 2.68. The van der Waals surface area contributed by atoms with Crippen molar-refractivity contribution < 1.29 is 41.9 Å². The van der Waals surface area contributed by atoms with Gasteiger partial charge in [0.15, 0.2) is 0 Å². The zero-order valence-corrected chi connectivity index (χ0v) is 22.4. The van der Waals surface area contributed by atoms with Gasteiger partial charge in [-0.25, -0.2) is 22.4 Å². The molecular formula is C26H33BF4N4O5. The molecule has 2 aliphatic rings. The molecule has 40 heavy (non-hydrogen) atoms. The van der Waals surface area contributed by atoms with Crippen molar-refractivity contribution in [2.45, 2.75) is 69.4 Å². The van der Waals surface area contributed by atoms with Crippen LogP contribution in [0.15, 0.2) is 29.8 Å². The monoisotopic (exact) mass is 568 g/mol. The van der Waals surface area contributed by atoms with Crippen LogP contribution >= 0.6 is 0 Å². The summed E-state index contributed by atoms with van der Waals surface area (Å²) in [4.78, 5) is 28.8. The van der Waals surface area contributed by atoms with Crippen molar-refractivity contribution in [1.29, 1.82) is 5.26 Å². The predicted octanol–water partition coefficient (Wildman–Crippen LogP) is 3.16. The van der Waals surface area contributed by atoms with E-state index in [-0.39, 0.29) is 37.3 Å². The number of piperidine rings is 1. The normalized spacial score (nSPS) is 20.5. The smallest absolute Gasteiger partial charge is 0.447 e. The molecule has 2 heterocycles. The molecule has 2 amide bonds. The predicted molar refractivity (Wildman–Crippen MR) is 137 cm³/mol. The number of amides is 2. The minimum absolute atomic E-state index is 0.120. The Labute approximate surface area is 230 Å². The highest BCUT2D eigenvalue weighted by molar-refractivity contribution is 6.41. The lowest BCUT2D eigenvalue weighted by atomic mass is 9.79. The van der Waals surface area contributed by atoms with Crippen LogP contribution in [0, 0.1) is 23.0 Å². The molecular weight excluding hydrogens is 535 g/mol. The van der Waals surface area contributed by atoms with E-state index in [4.69, 9.17) is 4.74 Å². The molecule has 1 aromatic rings. The molecule has 0 bridgehead atoms. The Morgan fingerprint density at radius 3 is 2.62 bits per heavy atom. The molecule has 218 valence electrons. The van der Waals surface area contributed by atoms with E-state index in [9.17, 15) is 42.5 Å². The van der Waals surface area contributed by atoms with Crippen LogP contribution in [-0.2, 0) is 9.53 Å². The van der Waals surface area contributed by atoms with E-state index < -0.39 is 67.2 Å². The molecule has 2 aliphatic heterocycles. The first-order valence-electron chi connectivity index (χ1n) is 13.0. The van der Waals surface area contributed by atoms with E-state index >= 15 is 0 Å². The van der Waals surface area contributed by atoms with E-state index in [1.807, 2.05) is 6.07 Å². The number of likely N-dealkylation sites (tertiary alicyclic amines) is 2. The maximum atomic E-state index is 14.3. The number of carbonyl (C=O) groups excluding carboxylic acids is 2. The highest BCUT2D eigenvalue weighted by atomic mass is 19.3. The van der Waals surface area contributed by atoms with Gasteiger partial charge in [0.05, 0.1) is 18.6 Å². The van der Waals surface area contributed by atoms with Crippen LogP contribution in [0.1, 0.15) is 51.1 Å². The van der Waals surface area contributed by atoms with Crippen molar-refractivity contribution in [1.82, 2.24) is 15.1 Å². The molecule has 3 rings (SSSR count). The third-order valence-electron chi connectivity index (χ3n) is 7.20. The summed E-state index contributed by atoms with van der Waals surface area (Å²) in [5.41, 5.74) is -1.37. The topological polar surface area (TPSA) is 126 Å². The molecule has 0 spiro atoms. The summed E-state index contributed by atoms with van der Waals surface area (Å²) in [5, 5.41) is 30.8. The van der Waals surface area contributed by atoms with Crippen molar-refractivity contribution in [2.75, 3.05) is 26.2 Å². The second-order valence-corrected chi connectivity index (χ2v) is 10.7. The number of nitriles is 1. The fraction of sp³-hybridized carbons (Fsp3) is 0.577. The van der Waals surface area contributed by atoms with Crippen LogP contribution < -0.4 is 5.32 Å². The number of nitrogens with zero attached hydrogens (tertiary/aromatic N) is 3. The van der Waals surface area contributed by atoms with Crippen molar-refractivity contribution in [3.8, 4) is 6.07 Å². The third kappa shape index (κ3) is 8.19. The van der Waals surface area contributed by atoms with Crippen LogP contribution in [0.5, 0.6) is 0 Å². The highest BCUT2D eigenvalue weighted by Gasteiger charge is 2.43. The third-order valence-corrected chi connectivity index (χ3v) is 7.20. The number of hydrogen-bond donors (Lipinski definition) is 3. The average molecular weight is 568 g/mol. The number of benzene rings is 1. The van der Waals surface area contributed by atoms with E-state index in [0.29, 0.717) is 18.9 Å². The van der Waals surface area contributed by atoms with Crippen LogP contribution in [0.2, 0.25) is 6.32 Å². The van der Waals surface area contributed by atoms with E-state index in [2.05, 4.69) is 5.32 Å². The minimum atomic E-state index is -2.84. The van der Waals surface area contributed by atoms with Crippen molar-refractivity contribution >= 4 is 19.1 Å². The Morgan fingerprint density at radius 1 is 1.30 bits per heavy atom. The zero-order chi connectivity index (χ0) is 29.7. The van der Waals surface area contributed by atoms with Crippen molar-refractivity contribution in [3.05, 3.63) is 47.0 Å². The number of ether oxygens (including phenoxy) is 1. The number of alkyl halides is 2. The molecule has 0 radical (unpaired) electrons. The zero-order valence-electron chi connectivity index (χ0n) is 22.4. The van der Waals surface area contributed by atoms with Gasteiger partial charge in [-0.05, 0) is 45.3 Å². The number of hydrogen-bond acceptors (Lipinski definition) is 7. The van der Waals surface area contributed by atoms with Crippen LogP contribution in [-0.4, -0.2) is 82.7 Å². The second-order valence-electron chi connectivity index (χ2n) is 10.7. The van der Waals surface area contributed by atoms with Gasteiger partial charge < -0.3 is 25.0 Å². The van der Waals surface area contributed by atoms with Gasteiger partial charge in [0.25, 0.3) is 11.8 Å². The summed E-state index contributed by atoms with van der Waals surface area (Å²) in [7, 11) is -1.91. The summed E-state index contributed by atoms with van der Waals surface area (Å²) >= 11 is 0. The van der Waals surface area contributed by atoms with E-state index in [0.717, 1.165) is 18.6 Å². The first-order valence-corrected chi connectivity index (χ1v) is 13.0. The summed E-state index contributed by atoms with van der Waals surface area (Å²) < 4.78 is 60.4. The summed E-state index contributed by atoms with van der Waals surface area (Å²) in [6.07, 6.45) is 1.39. The first kappa shape index (κ1) is 31.4. The Hall–Kier alpha value is -3.15. The number of rotatable bonds is 9. The van der Waals surface area contributed by atoms with Crippen LogP contribution in [0.3, 0.4) is 0 Å². The molecule has 2 fully saturated rings. The van der Waals surface area contributed by atoms with Crippen LogP contribution in [0.25, 0.3) is 0 Å². The SMILES string of the molecule is CC(C)(C=C(C#N)C(=O)N1CCCC[C@@H]1COC(=O)N[C@H](CB(O)O)c1ccc(F)cc1F)N1CCC(F)(F)C1. The maximum Gasteiger partial charge on any atom is 0.453 e. The van der Waals surface area contributed by atoms with Gasteiger partial charge in [0.1, 0.15) is 29.9 Å². The average Bonchev–Trinajstić information content (AvgIpc) is 3.25. The summed E-state index contributed by atoms with van der Waals surface area (Å²) in [6.45, 7) is 2.98. The van der Waals surface area contributed by atoms with Gasteiger partial charge >= 0.3 is 13.2 Å². The van der Waals surface area contributed by atoms with Gasteiger partial charge in [-0.1, -0.05) is 6.07 Å². The lowest BCUT2D eigenvalue weighted by Crippen LogP contribution is -2.48. The Kier molecular flexibility index (Phi) is 10.2. The molecule has 1 aromatic carbocycles. The van der Waals surface area contributed by atoms with Gasteiger partial charge in [0.2, 0.25) is 0 Å². The Morgan fingerprint density at radius 2 is 2.02 bits per heavy atom. The highest BCUT2D eigenvalue weighted by Crippen LogP contribution is 2.33. The van der Waals surface area contributed by atoms with E-state index in [1.54, 1.807) is 13.8 Å². The van der Waals surface area contributed by atoms with Crippen molar-refractivity contribution in [3.63, 3.8) is 0 Å². The second kappa shape index (κ2) is 13.0. The van der Waals surface area contributed by atoms with E-state index in [1.165, 1.54) is 15.9 Å². The number of nitrogens with one attached hydrogen (secondary N) is 1. The molecule has 0 unspecified atom stereocenters. The number of carbonyl (C=O) groups is 2. The molecule has 0 aliphatic carbocycles. The molecule has 2 atom stereocenters. The molecule has 0 saturated carbocycles. The maximum absolute atomic E-state index is 14.3. The lowest BCUT2D eigenvalue weighted by Gasteiger charge is -2.36. The number of alkyl carbamates (subject to hydrolysis) is 1. The van der Waals surface area contributed by atoms with Gasteiger partial charge in [0, 0.05) is 43.0 Å². The first-order chi connectivity index (χ1) is 18.7. The Bertz CT molecular complexity index is 1160. The largest absolute Gasteiger partial charge is 0.453 e. The van der Waals surface area contributed by atoms with Crippen molar-refractivity contribution in [2.24, 2.45) is 0 Å². The summed E-state index contributed by atoms with van der Waals surface area (Å²) in [5.74, 6) is -5.29. The fourth-order valence-corrected chi connectivity index (χ4v) is 5.02. The molecule has 2 saturated heterocycles. The minimum Gasteiger partial charge on any atom is -0.447 e. The quantitative estimate of drug-likeness (QED) is 0.181. The standard InChI is InChI=1S/C26H33BF4N4O5/c1-25(2,34-10-8-26(30,31)16-34)12-17(14-32)23(36)35-9-4-3-5-19(35)15-40-24(37)33-22(13-27(38)39)20-7-6-18(28)11-21(20)29/h6-7,11-12,19,22,38-39H,3-5,8-10,13,15-16H2,1-2H3,(H,33,37)/t19-,22-/m1/s1. The van der Waals surface area contributed by atoms with Gasteiger partial charge in [-0.2, -0.15) is 5.26 Å². The molecule has 9 nitrogen and oxygen atoms in total. The lowest BCUT2D eigenvalue weighted by molar-refractivity contribution is -0.131. The Balaban J connectivity index is 1.68. The van der Waals surface area contributed by atoms with Gasteiger partial charge in [-0.15, -0.1) is 0 Å². The molecule has 3 N–H and O–H groups in total. The van der Waals surface area contributed by atoms with Gasteiger partial charge in [-0.3, -0.25) is 9.69 Å². The molecule has 14 heteroatoms. The number of halogens is 4.